The number of ether oxygens (including phenoxy) is 1. The fourth-order valence-electron chi connectivity index (χ4n) is 3.28. The molecule has 2 amide bonds. The minimum atomic E-state index is -0.314. The number of pyridine rings is 1. The van der Waals surface area contributed by atoms with Crippen LogP contribution in [-0.2, 0) is 6.54 Å². The average molecular weight is 458 g/mol. The molecule has 1 aromatic carbocycles. The van der Waals surface area contributed by atoms with Gasteiger partial charge in [-0.15, -0.1) is 11.3 Å². The van der Waals surface area contributed by atoms with Gasteiger partial charge in [0.05, 0.1) is 39.8 Å². The number of halogens is 1. The summed E-state index contributed by atoms with van der Waals surface area (Å²) in [6.07, 6.45) is 1.75. The number of nitrogens with zero attached hydrogens (tertiary/aromatic N) is 2. The van der Waals surface area contributed by atoms with E-state index in [1.165, 1.54) is 11.3 Å². The van der Waals surface area contributed by atoms with Crippen molar-refractivity contribution < 1.29 is 14.3 Å². The molecule has 6 nitrogen and oxygen atoms in total. The van der Waals surface area contributed by atoms with Gasteiger partial charge in [-0.05, 0) is 44.5 Å². The molecule has 3 aromatic rings. The molecular weight excluding hydrogens is 434 g/mol. The number of rotatable bonds is 6. The van der Waals surface area contributed by atoms with Crippen molar-refractivity contribution in [2.45, 2.75) is 27.3 Å². The van der Waals surface area contributed by atoms with E-state index in [4.69, 9.17) is 16.3 Å². The van der Waals surface area contributed by atoms with E-state index in [1.54, 1.807) is 55.6 Å². The molecule has 0 bridgehead atoms. The quantitative estimate of drug-likeness (QED) is 0.548. The number of nitrogens with one attached hydrogen (secondary N) is 1. The summed E-state index contributed by atoms with van der Waals surface area (Å²) in [5.74, 6) is 0.329. The van der Waals surface area contributed by atoms with E-state index < -0.39 is 0 Å². The molecule has 0 fully saturated rings. The smallest absolute Gasteiger partial charge is 0.264 e. The molecule has 31 heavy (non-hydrogen) atoms. The first-order valence-electron chi connectivity index (χ1n) is 9.63. The van der Waals surface area contributed by atoms with E-state index in [0.717, 1.165) is 28.1 Å². The number of aryl methyl sites for hydroxylation is 2. The fraction of sp³-hybridized carbons (Fsp3) is 0.261. The van der Waals surface area contributed by atoms with Crippen molar-refractivity contribution in [3.8, 4) is 5.75 Å². The standard InChI is InChI=1S/C23H24ClN3O3S/c1-13-10-19(26-22(28)16-8-6-7-9-17(16)24)31-21(13)23(29)27(4)12-18-15(3)20(30-5)14(2)11-25-18/h6-11H,12H2,1-5H3,(H,26,28). The predicted molar refractivity (Wildman–Crippen MR) is 125 cm³/mol. The summed E-state index contributed by atoms with van der Waals surface area (Å²) in [5, 5.41) is 3.79. The predicted octanol–water partition coefficient (Wildman–Crippen LogP) is 5.25. The Bertz CT molecular complexity index is 1140. The molecule has 0 saturated carbocycles. The van der Waals surface area contributed by atoms with Crippen LogP contribution in [0.5, 0.6) is 5.75 Å². The van der Waals surface area contributed by atoms with Crippen molar-refractivity contribution >= 4 is 39.8 Å². The van der Waals surface area contributed by atoms with Gasteiger partial charge in [0.1, 0.15) is 5.75 Å². The molecule has 8 heteroatoms. The van der Waals surface area contributed by atoms with E-state index in [0.29, 0.717) is 27.0 Å². The van der Waals surface area contributed by atoms with Crippen LogP contribution in [0.4, 0.5) is 5.00 Å². The minimum Gasteiger partial charge on any atom is -0.496 e. The maximum atomic E-state index is 13.1. The molecule has 3 rings (SSSR count). The molecule has 0 radical (unpaired) electrons. The van der Waals surface area contributed by atoms with Gasteiger partial charge in [0.15, 0.2) is 0 Å². The first-order chi connectivity index (χ1) is 14.7. The van der Waals surface area contributed by atoms with Gasteiger partial charge in [-0.25, -0.2) is 0 Å². The molecule has 0 atom stereocenters. The van der Waals surface area contributed by atoms with Gasteiger partial charge >= 0.3 is 0 Å². The van der Waals surface area contributed by atoms with E-state index in [-0.39, 0.29) is 11.8 Å². The van der Waals surface area contributed by atoms with Crippen molar-refractivity contribution in [3.05, 3.63) is 74.4 Å². The lowest BCUT2D eigenvalue weighted by Crippen LogP contribution is -2.27. The highest BCUT2D eigenvalue weighted by Crippen LogP contribution is 2.30. The van der Waals surface area contributed by atoms with Crippen LogP contribution < -0.4 is 10.1 Å². The molecule has 0 aliphatic rings. The van der Waals surface area contributed by atoms with E-state index >= 15 is 0 Å². The third-order valence-electron chi connectivity index (χ3n) is 4.95. The van der Waals surface area contributed by atoms with Gasteiger partial charge in [-0.2, -0.15) is 0 Å². The zero-order valence-electron chi connectivity index (χ0n) is 18.1. The number of carbonyl (C=O) groups is 2. The van der Waals surface area contributed by atoms with Crippen LogP contribution in [0.2, 0.25) is 5.02 Å². The summed E-state index contributed by atoms with van der Waals surface area (Å²) in [5.41, 5.74) is 3.82. The lowest BCUT2D eigenvalue weighted by molar-refractivity contribution is 0.0787. The fourth-order valence-corrected chi connectivity index (χ4v) is 4.56. The van der Waals surface area contributed by atoms with Gasteiger partial charge in [0.25, 0.3) is 11.8 Å². The van der Waals surface area contributed by atoms with Crippen molar-refractivity contribution in [3.63, 3.8) is 0 Å². The third-order valence-corrected chi connectivity index (χ3v) is 6.42. The van der Waals surface area contributed by atoms with Gasteiger partial charge in [-0.3, -0.25) is 14.6 Å². The Morgan fingerprint density at radius 1 is 1.19 bits per heavy atom. The van der Waals surface area contributed by atoms with E-state index in [1.807, 2.05) is 20.8 Å². The summed E-state index contributed by atoms with van der Waals surface area (Å²) in [7, 11) is 3.36. The Hall–Kier alpha value is -2.90. The number of anilines is 1. The monoisotopic (exact) mass is 457 g/mol. The number of hydrogen-bond acceptors (Lipinski definition) is 5. The zero-order valence-corrected chi connectivity index (χ0v) is 19.6. The zero-order chi connectivity index (χ0) is 22.7. The maximum Gasteiger partial charge on any atom is 0.264 e. The lowest BCUT2D eigenvalue weighted by Gasteiger charge is -2.19. The molecule has 0 saturated heterocycles. The van der Waals surface area contributed by atoms with Crippen LogP contribution >= 0.6 is 22.9 Å². The second kappa shape index (κ2) is 9.49. The van der Waals surface area contributed by atoms with Gasteiger partial charge < -0.3 is 15.0 Å². The van der Waals surface area contributed by atoms with Crippen molar-refractivity contribution in [2.75, 3.05) is 19.5 Å². The van der Waals surface area contributed by atoms with Crippen molar-refractivity contribution in [2.24, 2.45) is 0 Å². The van der Waals surface area contributed by atoms with Crippen LogP contribution in [0.15, 0.2) is 36.5 Å². The summed E-state index contributed by atoms with van der Waals surface area (Å²) in [6, 6.07) is 8.62. The second-order valence-corrected chi connectivity index (χ2v) is 8.72. The van der Waals surface area contributed by atoms with Crippen molar-refractivity contribution in [1.82, 2.24) is 9.88 Å². The Morgan fingerprint density at radius 3 is 2.58 bits per heavy atom. The van der Waals surface area contributed by atoms with E-state index in [9.17, 15) is 9.59 Å². The van der Waals surface area contributed by atoms with Crippen LogP contribution in [-0.4, -0.2) is 35.9 Å². The van der Waals surface area contributed by atoms with Crippen LogP contribution in [0.25, 0.3) is 0 Å². The Kier molecular flexibility index (Phi) is 6.97. The highest BCUT2D eigenvalue weighted by atomic mass is 35.5. The summed E-state index contributed by atoms with van der Waals surface area (Å²) < 4.78 is 5.46. The molecule has 0 unspecified atom stereocenters. The van der Waals surface area contributed by atoms with Gasteiger partial charge in [0.2, 0.25) is 0 Å². The summed E-state index contributed by atoms with van der Waals surface area (Å²) in [6.45, 7) is 6.07. The largest absolute Gasteiger partial charge is 0.496 e. The van der Waals surface area contributed by atoms with E-state index in [2.05, 4.69) is 10.3 Å². The molecule has 0 spiro atoms. The molecule has 2 aromatic heterocycles. The van der Waals surface area contributed by atoms with Crippen LogP contribution in [0.1, 0.15) is 42.4 Å². The number of hydrogen-bond donors (Lipinski definition) is 1. The number of amides is 2. The molecular formula is C23H24ClN3O3S. The summed E-state index contributed by atoms with van der Waals surface area (Å²) >= 11 is 7.34. The van der Waals surface area contributed by atoms with Gasteiger partial charge in [0, 0.05) is 24.4 Å². The average Bonchev–Trinajstić information content (AvgIpc) is 3.10. The third kappa shape index (κ3) is 4.89. The molecule has 162 valence electrons. The number of thiophene rings is 1. The molecule has 0 aliphatic heterocycles. The Balaban J connectivity index is 1.76. The topological polar surface area (TPSA) is 71.5 Å². The van der Waals surface area contributed by atoms with Crippen LogP contribution in [0.3, 0.4) is 0 Å². The SMILES string of the molecule is COc1c(C)cnc(CN(C)C(=O)c2sc(NC(=O)c3ccccc3Cl)cc2C)c1C. The normalized spacial score (nSPS) is 10.6. The number of benzene rings is 1. The second-order valence-electron chi connectivity index (χ2n) is 7.26. The Morgan fingerprint density at radius 2 is 1.90 bits per heavy atom. The highest BCUT2D eigenvalue weighted by Gasteiger charge is 2.21. The Labute approximate surface area is 190 Å². The minimum absolute atomic E-state index is 0.138. The lowest BCUT2D eigenvalue weighted by atomic mass is 10.1. The summed E-state index contributed by atoms with van der Waals surface area (Å²) in [4.78, 5) is 32.2. The first kappa shape index (κ1) is 22.8. The number of methoxy groups -OCH3 is 1. The van der Waals surface area contributed by atoms with Gasteiger partial charge in [-0.1, -0.05) is 23.7 Å². The number of carbonyl (C=O) groups excluding carboxylic acids is 2. The number of aromatic nitrogens is 1. The maximum absolute atomic E-state index is 13.1. The molecule has 1 N–H and O–H groups in total. The van der Waals surface area contributed by atoms with Crippen molar-refractivity contribution in [1.29, 1.82) is 0 Å². The highest BCUT2D eigenvalue weighted by molar-refractivity contribution is 7.18. The molecule has 2 heterocycles. The first-order valence-corrected chi connectivity index (χ1v) is 10.8. The van der Waals surface area contributed by atoms with Crippen LogP contribution in [0, 0.1) is 20.8 Å². The molecule has 0 aliphatic carbocycles.